The summed E-state index contributed by atoms with van der Waals surface area (Å²) in [5.41, 5.74) is 0. The molecular weight excluding hydrogens is 198 g/mol. The first kappa shape index (κ1) is 12.0. The summed E-state index contributed by atoms with van der Waals surface area (Å²) < 4.78 is 9.40. The van der Waals surface area contributed by atoms with Crippen molar-refractivity contribution in [3.05, 3.63) is 0 Å². The quantitative estimate of drug-likeness (QED) is 0.592. The van der Waals surface area contributed by atoms with Gasteiger partial charge < -0.3 is 9.47 Å². The van der Waals surface area contributed by atoms with Crippen molar-refractivity contribution < 1.29 is 19.1 Å². The van der Waals surface area contributed by atoms with Crippen molar-refractivity contribution in [1.29, 1.82) is 0 Å². The van der Waals surface area contributed by atoms with Gasteiger partial charge in [0.1, 0.15) is 0 Å². The summed E-state index contributed by atoms with van der Waals surface area (Å²) in [4.78, 5) is 24.1. The van der Waals surface area contributed by atoms with E-state index in [1.54, 1.807) is 6.92 Å². The summed E-state index contributed by atoms with van der Waals surface area (Å²) >= 11 is 0. The number of nitrogens with zero attached hydrogens (tertiary/aromatic N) is 1. The van der Waals surface area contributed by atoms with Crippen molar-refractivity contribution in [1.82, 2.24) is 4.90 Å². The van der Waals surface area contributed by atoms with Gasteiger partial charge in [0.25, 0.3) is 0 Å². The molecule has 1 fully saturated rings. The van der Waals surface area contributed by atoms with Gasteiger partial charge in [-0.2, -0.15) is 0 Å². The Kier molecular flexibility index (Phi) is 4.55. The first-order valence-corrected chi connectivity index (χ1v) is 5.13. The maximum absolute atomic E-state index is 11.2. The minimum Gasteiger partial charge on any atom is -0.468 e. The molecule has 1 saturated carbocycles. The van der Waals surface area contributed by atoms with Gasteiger partial charge in [-0.05, 0) is 19.8 Å². The van der Waals surface area contributed by atoms with E-state index in [9.17, 15) is 9.59 Å². The van der Waals surface area contributed by atoms with Gasteiger partial charge in [-0.15, -0.1) is 0 Å². The number of rotatable bonds is 6. The second kappa shape index (κ2) is 5.70. The zero-order chi connectivity index (χ0) is 11.3. The molecule has 1 aliphatic carbocycles. The molecule has 0 aromatic carbocycles. The van der Waals surface area contributed by atoms with Crippen LogP contribution in [0.25, 0.3) is 0 Å². The van der Waals surface area contributed by atoms with Crippen LogP contribution in [0.5, 0.6) is 0 Å². The summed E-state index contributed by atoms with van der Waals surface area (Å²) in [5.74, 6) is -0.598. The van der Waals surface area contributed by atoms with E-state index in [2.05, 4.69) is 4.74 Å². The summed E-state index contributed by atoms with van der Waals surface area (Å²) in [7, 11) is 1.35. The summed E-state index contributed by atoms with van der Waals surface area (Å²) in [5, 5.41) is 0. The molecule has 0 amide bonds. The Morgan fingerprint density at radius 1 is 1.27 bits per heavy atom. The minimum atomic E-state index is -0.314. The van der Waals surface area contributed by atoms with Crippen LogP contribution in [0.2, 0.25) is 0 Å². The summed E-state index contributed by atoms with van der Waals surface area (Å²) in [6, 6.07) is 0.341. The average Bonchev–Trinajstić information content (AvgIpc) is 3.00. The highest BCUT2D eigenvalue weighted by molar-refractivity contribution is 5.75. The lowest BCUT2D eigenvalue weighted by atomic mass is 10.4. The number of carbonyl (C=O) groups is 2. The number of hydrogen-bond donors (Lipinski definition) is 0. The maximum Gasteiger partial charge on any atom is 0.320 e. The third-order valence-electron chi connectivity index (χ3n) is 2.26. The molecule has 15 heavy (non-hydrogen) atoms. The lowest BCUT2D eigenvalue weighted by molar-refractivity contribution is -0.147. The number of methoxy groups -OCH3 is 1. The molecule has 5 heteroatoms. The molecule has 0 N–H and O–H groups in total. The first-order valence-electron chi connectivity index (χ1n) is 5.13. The van der Waals surface area contributed by atoms with E-state index in [1.165, 1.54) is 7.11 Å². The first-order chi connectivity index (χ1) is 7.17. The van der Waals surface area contributed by atoms with E-state index in [-0.39, 0.29) is 25.0 Å². The van der Waals surface area contributed by atoms with Gasteiger partial charge in [0.15, 0.2) is 0 Å². The highest BCUT2D eigenvalue weighted by atomic mass is 16.5. The van der Waals surface area contributed by atoms with Crippen molar-refractivity contribution in [3.8, 4) is 0 Å². The van der Waals surface area contributed by atoms with Crippen LogP contribution in [-0.2, 0) is 19.1 Å². The molecule has 0 heterocycles. The SMILES string of the molecule is CCOC(=O)CN(CC(=O)OC)C1CC1. The predicted molar refractivity (Wildman–Crippen MR) is 53.2 cm³/mol. The number of esters is 2. The van der Waals surface area contributed by atoms with E-state index < -0.39 is 0 Å². The highest BCUT2D eigenvalue weighted by Crippen LogP contribution is 2.26. The molecule has 0 unspecified atom stereocenters. The van der Waals surface area contributed by atoms with Gasteiger partial charge in [0.05, 0.1) is 26.8 Å². The van der Waals surface area contributed by atoms with Crippen molar-refractivity contribution in [2.45, 2.75) is 25.8 Å². The average molecular weight is 215 g/mol. The monoisotopic (exact) mass is 215 g/mol. The molecule has 0 spiro atoms. The van der Waals surface area contributed by atoms with E-state index in [0.29, 0.717) is 12.6 Å². The van der Waals surface area contributed by atoms with E-state index in [1.807, 2.05) is 4.90 Å². The lowest BCUT2D eigenvalue weighted by Gasteiger charge is -2.18. The topological polar surface area (TPSA) is 55.8 Å². The van der Waals surface area contributed by atoms with Crippen LogP contribution < -0.4 is 0 Å². The highest BCUT2D eigenvalue weighted by Gasteiger charge is 2.32. The maximum atomic E-state index is 11.2. The molecule has 0 aromatic rings. The van der Waals surface area contributed by atoms with Gasteiger partial charge in [0, 0.05) is 6.04 Å². The number of carbonyl (C=O) groups excluding carboxylic acids is 2. The van der Waals surface area contributed by atoms with E-state index in [0.717, 1.165) is 12.8 Å². The third-order valence-corrected chi connectivity index (χ3v) is 2.26. The Bertz CT molecular complexity index is 238. The van der Waals surface area contributed by atoms with Crippen molar-refractivity contribution >= 4 is 11.9 Å². The Morgan fingerprint density at radius 2 is 1.87 bits per heavy atom. The van der Waals surface area contributed by atoms with Crippen LogP contribution in [-0.4, -0.2) is 49.7 Å². The fourth-order valence-corrected chi connectivity index (χ4v) is 1.36. The lowest BCUT2D eigenvalue weighted by Crippen LogP contribution is -2.37. The largest absolute Gasteiger partial charge is 0.468 e. The van der Waals surface area contributed by atoms with Crippen molar-refractivity contribution in [3.63, 3.8) is 0 Å². The molecule has 1 aliphatic rings. The third kappa shape index (κ3) is 4.29. The number of hydrogen-bond acceptors (Lipinski definition) is 5. The van der Waals surface area contributed by atoms with Gasteiger partial charge in [-0.3, -0.25) is 14.5 Å². The summed E-state index contributed by atoms with van der Waals surface area (Å²) in [6.07, 6.45) is 2.08. The molecular formula is C10H17NO4. The van der Waals surface area contributed by atoms with E-state index >= 15 is 0 Å². The zero-order valence-electron chi connectivity index (χ0n) is 9.19. The molecule has 0 aromatic heterocycles. The molecule has 5 nitrogen and oxygen atoms in total. The fraction of sp³-hybridized carbons (Fsp3) is 0.800. The predicted octanol–water partition coefficient (Wildman–Crippen LogP) is 0.187. The Hall–Kier alpha value is -1.10. The molecule has 86 valence electrons. The Labute approximate surface area is 89.3 Å². The standard InChI is InChI=1S/C10H17NO4/c1-3-15-10(13)7-11(8-4-5-8)6-9(12)14-2/h8H,3-7H2,1-2H3. The Morgan fingerprint density at radius 3 is 2.33 bits per heavy atom. The fourth-order valence-electron chi connectivity index (χ4n) is 1.36. The van der Waals surface area contributed by atoms with Crippen LogP contribution in [0.4, 0.5) is 0 Å². The van der Waals surface area contributed by atoms with E-state index in [4.69, 9.17) is 4.74 Å². The van der Waals surface area contributed by atoms with Crippen LogP contribution in [0, 0.1) is 0 Å². The van der Waals surface area contributed by atoms with Crippen molar-refractivity contribution in [2.75, 3.05) is 26.8 Å². The molecule has 0 radical (unpaired) electrons. The van der Waals surface area contributed by atoms with Crippen LogP contribution in [0.3, 0.4) is 0 Å². The molecule has 1 rings (SSSR count). The normalized spacial score (nSPS) is 15.1. The van der Waals surface area contributed by atoms with Gasteiger partial charge in [-0.25, -0.2) is 0 Å². The molecule has 0 aliphatic heterocycles. The van der Waals surface area contributed by atoms with Crippen molar-refractivity contribution in [2.24, 2.45) is 0 Å². The van der Waals surface area contributed by atoms with Gasteiger partial charge in [0.2, 0.25) is 0 Å². The minimum absolute atomic E-state index is 0.167. The van der Waals surface area contributed by atoms with Gasteiger partial charge in [-0.1, -0.05) is 0 Å². The Balaban J connectivity index is 2.36. The van der Waals surface area contributed by atoms with Crippen LogP contribution in [0.15, 0.2) is 0 Å². The van der Waals surface area contributed by atoms with Crippen LogP contribution >= 0.6 is 0 Å². The second-order valence-corrected chi connectivity index (χ2v) is 3.52. The molecule has 0 saturated heterocycles. The zero-order valence-corrected chi connectivity index (χ0v) is 9.19. The van der Waals surface area contributed by atoms with Gasteiger partial charge >= 0.3 is 11.9 Å². The number of ether oxygens (including phenoxy) is 2. The molecule has 0 atom stereocenters. The summed E-state index contributed by atoms with van der Waals surface area (Å²) in [6.45, 7) is 2.48. The van der Waals surface area contributed by atoms with Crippen LogP contribution in [0.1, 0.15) is 19.8 Å². The smallest absolute Gasteiger partial charge is 0.320 e. The second-order valence-electron chi connectivity index (χ2n) is 3.52. The molecule has 0 bridgehead atoms.